The van der Waals surface area contributed by atoms with Crippen LogP contribution in [0.1, 0.15) is 24.8 Å². The number of piperidine rings is 1. The molecule has 0 amide bonds. The van der Waals surface area contributed by atoms with E-state index in [9.17, 15) is 0 Å². The first-order valence-corrected chi connectivity index (χ1v) is 6.15. The number of aromatic nitrogens is 1. The van der Waals surface area contributed by atoms with E-state index in [1.54, 1.807) is 0 Å². The van der Waals surface area contributed by atoms with Crippen LogP contribution in [0.3, 0.4) is 0 Å². The zero-order chi connectivity index (χ0) is 11.4. The molecule has 1 aromatic rings. The van der Waals surface area contributed by atoms with E-state index in [2.05, 4.69) is 34.3 Å². The molecular weight excluding hydrogens is 198 g/mol. The van der Waals surface area contributed by atoms with Crippen LogP contribution in [0.5, 0.6) is 0 Å². The van der Waals surface area contributed by atoms with Gasteiger partial charge in [0.05, 0.1) is 0 Å². The lowest BCUT2D eigenvalue weighted by Gasteiger charge is -2.36. The quantitative estimate of drug-likeness (QED) is 0.842. The Morgan fingerprint density at radius 3 is 3.00 bits per heavy atom. The van der Waals surface area contributed by atoms with Crippen molar-refractivity contribution >= 4 is 5.82 Å². The molecule has 1 saturated heterocycles. The summed E-state index contributed by atoms with van der Waals surface area (Å²) in [6.07, 6.45) is 5.86. The third kappa shape index (κ3) is 2.53. The molecule has 1 aliphatic heterocycles. The third-order valence-electron chi connectivity index (χ3n) is 3.26. The van der Waals surface area contributed by atoms with Crippen molar-refractivity contribution in [3.05, 3.63) is 23.9 Å². The molecule has 1 fully saturated rings. The minimum absolute atomic E-state index is 0.606. The molecule has 2 heterocycles. The van der Waals surface area contributed by atoms with Gasteiger partial charge in [0.15, 0.2) is 0 Å². The summed E-state index contributed by atoms with van der Waals surface area (Å²) in [7, 11) is 2.02. The van der Waals surface area contributed by atoms with E-state index in [-0.39, 0.29) is 0 Å². The van der Waals surface area contributed by atoms with E-state index in [4.69, 9.17) is 0 Å². The number of nitrogens with one attached hydrogen (secondary N) is 1. The van der Waals surface area contributed by atoms with E-state index >= 15 is 0 Å². The number of aryl methyl sites for hydroxylation is 1. The van der Waals surface area contributed by atoms with Gasteiger partial charge in [0.2, 0.25) is 0 Å². The Labute approximate surface area is 97.9 Å². The summed E-state index contributed by atoms with van der Waals surface area (Å²) in [5.41, 5.74) is 1.23. The number of nitrogens with zero attached hydrogens (tertiary/aromatic N) is 2. The van der Waals surface area contributed by atoms with Crippen molar-refractivity contribution in [2.45, 2.75) is 32.2 Å². The van der Waals surface area contributed by atoms with Crippen LogP contribution in [0.25, 0.3) is 0 Å². The highest BCUT2D eigenvalue weighted by Gasteiger charge is 2.22. The average molecular weight is 219 g/mol. The lowest BCUT2D eigenvalue weighted by atomic mass is 10.0. The van der Waals surface area contributed by atoms with Crippen molar-refractivity contribution in [3.63, 3.8) is 0 Å². The fraction of sp³-hybridized carbons (Fsp3) is 0.615. The maximum Gasteiger partial charge on any atom is 0.128 e. The molecule has 1 unspecified atom stereocenters. The Bertz CT molecular complexity index is 318. The predicted octanol–water partition coefficient (Wildman–Crippen LogP) is 1.97. The first-order valence-electron chi connectivity index (χ1n) is 6.15. The zero-order valence-corrected chi connectivity index (χ0v) is 10.2. The van der Waals surface area contributed by atoms with Gasteiger partial charge in [-0.3, -0.25) is 0 Å². The Morgan fingerprint density at radius 2 is 2.31 bits per heavy atom. The molecule has 0 bridgehead atoms. The van der Waals surface area contributed by atoms with Crippen molar-refractivity contribution in [1.29, 1.82) is 0 Å². The second-order valence-corrected chi connectivity index (χ2v) is 4.59. The highest BCUT2D eigenvalue weighted by molar-refractivity contribution is 5.41. The van der Waals surface area contributed by atoms with Gasteiger partial charge in [-0.15, -0.1) is 0 Å². The smallest absolute Gasteiger partial charge is 0.128 e. The zero-order valence-electron chi connectivity index (χ0n) is 10.2. The topological polar surface area (TPSA) is 28.2 Å². The second kappa shape index (κ2) is 5.30. The summed E-state index contributed by atoms with van der Waals surface area (Å²) in [6.45, 7) is 4.27. The molecular formula is C13H21N3. The van der Waals surface area contributed by atoms with Crippen LogP contribution in [0.2, 0.25) is 0 Å². The van der Waals surface area contributed by atoms with Crippen molar-refractivity contribution < 1.29 is 0 Å². The van der Waals surface area contributed by atoms with Crippen molar-refractivity contribution in [1.82, 2.24) is 10.3 Å². The highest BCUT2D eigenvalue weighted by atomic mass is 15.2. The summed E-state index contributed by atoms with van der Waals surface area (Å²) < 4.78 is 0. The standard InChI is InChI=1S/C13H21N3/c1-11-6-7-13(15-9-11)16-8-4-3-5-12(16)10-14-2/h6-7,9,12,14H,3-5,8,10H2,1-2H3. The molecule has 1 aromatic heterocycles. The molecule has 16 heavy (non-hydrogen) atoms. The molecule has 88 valence electrons. The maximum absolute atomic E-state index is 4.53. The maximum atomic E-state index is 4.53. The summed E-state index contributed by atoms with van der Waals surface area (Å²) in [5, 5.41) is 3.28. The van der Waals surface area contributed by atoms with E-state index in [1.807, 2.05) is 13.2 Å². The van der Waals surface area contributed by atoms with Crippen molar-refractivity contribution in [2.75, 3.05) is 25.0 Å². The van der Waals surface area contributed by atoms with Gasteiger partial charge in [-0.2, -0.15) is 0 Å². The van der Waals surface area contributed by atoms with Crippen molar-refractivity contribution in [2.24, 2.45) is 0 Å². The van der Waals surface area contributed by atoms with Crippen LogP contribution in [0.15, 0.2) is 18.3 Å². The van der Waals surface area contributed by atoms with E-state index in [0.29, 0.717) is 6.04 Å². The van der Waals surface area contributed by atoms with Gasteiger partial charge in [0, 0.05) is 25.3 Å². The van der Waals surface area contributed by atoms with Crippen LogP contribution in [0, 0.1) is 6.92 Å². The van der Waals surface area contributed by atoms with Gasteiger partial charge >= 0.3 is 0 Å². The molecule has 0 saturated carbocycles. The van der Waals surface area contributed by atoms with Crippen LogP contribution in [-0.2, 0) is 0 Å². The van der Waals surface area contributed by atoms with Gasteiger partial charge in [0.1, 0.15) is 5.82 Å². The number of hydrogen-bond donors (Lipinski definition) is 1. The average Bonchev–Trinajstić information content (AvgIpc) is 2.32. The molecule has 0 aromatic carbocycles. The summed E-state index contributed by atoms with van der Waals surface area (Å²) in [4.78, 5) is 6.98. The largest absolute Gasteiger partial charge is 0.352 e. The van der Waals surface area contributed by atoms with Gasteiger partial charge < -0.3 is 10.2 Å². The van der Waals surface area contributed by atoms with Crippen LogP contribution >= 0.6 is 0 Å². The normalized spacial score (nSPS) is 21.1. The number of likely N-dealkylation sites (N-methyl/N-ethyl adjacent to an activating group) is 1. The molecule has 0 radical (unpaired) electrons. The van der Waals surface area contributed by atoms with Gasteiger partial charge in [0.25, 0.3) is 0 Å². The molecule has 3 heteroatoms. The second-order valence-electron chi connectivity index (χ2n) is 4.59. The Balaban J connectivity index is 2.13. The minimum atomic E-state index is 0.606. The van der Waals surface area contributed by atoms with Crippen LogP contribution in [-0.4, -0.2) is 31.2 Å². The molecule has 0 spiro atoms. The number of anilines is 1. The van der Waals surface area contributed by atoms with E-state index in [0.717, 1.165) is 18.9 Å². The van der Waals surface area contributed by atoms with Gasteiger partial charge in [-0.05, 0) is 44.9 Å². The SMILES string of the molecule is CNCC1CCCCN1c1ccc(C)cn1. The Hall–Kier alpha value is -1.09. The molecule has 1 aliphatic rings. The van der Waals surface area contributed by atoms with E-state index in [1.165, 1.54) is 24.8 Å². The fourth-order valence-electron chi connectivity index (χ4n) is 2.38. The minimum Gasteiger partial charge on any atom is -0.352 e. The van der Waals surface area contributed by atoms with Gasteiger partial charge in [-0.25, -0.2) is 4.98 Å². The van der Waals surface area contributed by atoms with E-state index < -0.39 is 0 Å². The molecule has 0 aliphatic carbocycles. The van der Waals surface area contributed by atoms with Crippen molar-refractivity contribution in [3.8, 4) is 0 Å². The summed E-state index contributed by atoms with van der Waals surface area (Å²) in [6, 6.07) is 4.89. The lowest BCUT2D eigenvalue weighted by Crippen LogP contribution is -2.45. The van der Waals surface area contributed by atoms with Crippen LogP contribution in [0.4, 0.5) is 5.82 Å². The summed E-state index contributed by atoms with van der Waals surface area (Å²) in [5.74, 6) is 1.13. The molecule has 3 nitrogen and oxygen atoms in total. The highest BCUT2D eigenvalue weighted by Crippen LogP contribution is 2.22. The monoisotopic (exact) mass is 219 g/mol. The molecule has 1 N–H and O–H groups in total. The predicted molar refractivity (Wildman–Crippen MR) is 67.9 cm³/mol. The first kappa shape index (κ1) is 11.4. The number of pyridine rings is 1. The van der Waals surface area contributed by atoms with Crippen LogP contribution < -0.4 is 10.2 Å². The lowest BCUT2D eigenvalue weighted by molar-refractivity contribution is 0.443. The molecule has 1 atom stereocenters. The number of rotatable bonds is 3. The van der Waals surface area contributed by atoms with Gasteiger partial charge in [-0.1, -0.05) is 6.07 Å². The Morgan fingerprint density at radius 1 is 1.44 bits per heavy atom. The first-order chi connectivity index (χ1) is 7.81. The number of hydrogen-bond acceptors (Lipinski definition) is 3. The summed E-state index contributed by atoms with van der Waals surface area (Å²) >= 11 is 0. The Kier molecular flexibility index (Phi) is 3.78. The fourth-order valence-corrected chi connectivity index (χ4v) is 2.38. The molecule has 2 rings (SSSR count). The third-order valence-corrected chi connectivity index (χ3v) is 3.26.